The van der Waals surface area contributed by atoms with Crippen LogP contribution in [-0.2, 0) is 16.6 Å². The quantitative estimate of drug-likeness (QED) is 0.755. The summed E-state index contributed by atoms with van der Waals surface area (Å²) < 4.78 is 26.3. The van der Waals surface area contributed by atoms with Crippen LogP contribution in [0.25, 0.3) is 21.9 Å². The van der Waals surface area contributed by atoms with E-state index in [0.29, 0.717) is 22.4 Å². The molecule has 7 nitrogen and oxygen atoms in total. The van der Waals surface area contributed by atoms with Gasteiger partial charge in [-0.25, -0.2) is 18.1 Å². The molecule has 2 N–H and O–H groups in total. The van der Waals surface area contributed by atoms with Crippen LogP contribution in [0.2, 0.25) is 0 Å². The maximum atomic E-state index is 11.9. The fraction of sp³-hybridized carbons (Fsp3) is 0.267. The Hall–Kier alpha value is -2.50. The molecule has 0 aliphatic heterocycles. The van der Waals surface area contributed by atoms with Crippen molar-refractivity contribution in [2.75, 3.05) is 0 Å². The number of hydrogen-bond donors (Lipinski definition) is 2. The SMILES string of the molecule is N#Cc1ccc2ncc3[nH]c(CNS(=O)(=O)C4CC4)nc3c2c1. The molecule has 0 spiro atoms. The van der Waals surface area contributed by atoms with E-state index in [1.165, 1.54) is 0 Å². The number of pyridine rings is 1. The number of sulfonamides is 1. The van der Waals surface area contributed by atoms with E-state index in [4.69, 9.17) is 5.26 Å². The number of hydrogen-bond acceptors (Lipinski definition) is 5. The van der Waals surface area contributed by atoms with E-state index >= 15 is 0 Å². The van der Waals surface area contributed by atoms with Gasteiger partial charge >= 0.3 is 0 Å². The minimum Gasteiger partial charge on any atom is -0.340 e. The smallest absolute Gasteiger partial charge is 0.214 e. The van der Waals surface area contributed by atoms with E-state index in [-0.39, 0.29) is 11.8 Å². The van der Waals surface area contributed by atoms with Crippen LogP contribution in [0.15, 0.2) is 24.4 Å². The Morgan fingerprint density at radius 3 is 2.96 bits per heavy atom. The van der Waals surface area contributed by atoms with Gasteiger partial charge in [-0.3, -0.25) is 4.98 Å². The molecule has 1 aromatic carbocycles. The van der Waals surface area contributed by atoms with Crippen molar-refractivity contribution in [1.29, 1.82) is 5.26 Å². The molecule has 8 heteroatoms. The molecule has 3 aromatic rings. The molecule has 1 fully saturated rings. The lowest BCUT2D eigenvalue weighted by atomic mass is 10.1. The fourth-order valence-electron chi connectivity index (χ4n) is 2.53. The average Bonchev–Trinajstić information content (AvgIpc) is 3.33. The van der Waals surface area contributed by atoms with Crippen LogP contribution in [0.3, 0.4) is 0 Å². The van der Waals surface area contributed by atoms with Gasteiger partial charge in [-0.1, -0.05) is 0 Å². The molecular formula is C15H13N5O2S. The normalized spacial score (nSPS) is 15.1. The fourth-order valence-corrected chi connectivity index (χ4v) is 3.86. The number of aromatic amines is 1. The summed E-state index contributed by atoms with van der Waals surface area (Å²) >= 11 is 0. The standard InChI is InChI=1S/C15H13N5O2S/c16-6-9-1-4-12-11(5-9)15-13(7-17-12)19-14(20-15)8-18-23(21,22)10-2-3-10/h1,4-5,7,10,18H,2-3,8H2,(H,19,20). The van der Waals surface area contributed by atoms with Crippen LogP contribution in [-0.4, -0.2) is 28.6 Å². The van der Waals surface area contributed by atoms with Crippen molar-refractivity contribution in [2.24, 2.45) is 0 Å². The summed E-state index contributed by atoms with van der Waals surface area (Å²) in [5.74, 6) is 0.529. The van der Waals surface area contributed by atoms with Gasteiger partial charge in [0.25, 0.3) is 0 Å². The van der Waals surface area contributed by atoms with Gasteiger partial charge in [-0.05, 0) is 31.0 Å². The molecule has 0 atom stereocenters. The first-order chi connectivity index (χ1) is 11.1. The number of rotatable bonds is 4. The Labute approximate surface area is 132 Å². The highest BCUT2D eigenvalue weighted by molar-refractivity contribution is 7.90. The van der Waals surface area contributed by atoms with Crippen LogP contribution in [0.5, 0.6) is 0 Å². The highest BCUT2D eigenvalue weighted by Gasteiger charge is 2.35. The van der Waals surface area contributed by atoms with Gasteiger partial charge in [0.2, 0.25) is 10.0 Å². The molecule has 0 bridgehead atoms. The van der Waals surface area contributed by atoms with Crippen molar-refractivity contribution >= 4 is 32.0 Å². The topological polar surface area (TPSA) is 112 Å². The van der Waals surface area contributed by atoms with Gasteiger partial charge in [0.15, 0.2) is 0 Å². The molecule has 4 rings (SSSR count). The second-order valence-corrected chi connectivity index (χ2v) is 7.66. The minimum atomic E-state index is -3.24. The number of aromatic nitrogens is 3. The second kappa shape index (κ2) is 5.01. The van der Waals surface area contributed by atoms with Gasteiger partial charge in [0.05, 0.1) is 46.2 Å². The zero-order valence-corrected chi connectivity index (χ0v) is 12.9. The Morgan fingerprint density at radius 1 is 1.39 bits per heavy atom. The van der Waals surface area contributed by atoms with Crippen molar-refractivity contribution < 1.29 is 8.42 Å². The van der Waals surface area contributed by atoms with E-state index in [2.05, 4.69) is 25.7 Å². The molecule has 0 saturated heterocycles. The Morgan fingerprint density at radius 2 is 2.22 bits per heavy atom. The van der Waals surface area contributed by atoms with Gasteiger partial charge in [0.1, 0.15) is 5.82 Å². The number of benzene rings is 1. The summed E-state index contributed by atoms with van der Waals surface area (Å²) in [7, 11) is -3.24. The molecule has 1 saturated carbocycles. The maximum Gasteiger partial charge on any atom is 0.214 e. The monoisotopic (exact) mass is 327 g/mol. The number of H-pyrrole nitrogens is 1. The first kappa shape index (κ1) is 14.1. The summed E-state index contributed by atoms with van der Waals surface area (Å²) in [6, 6.07) is 7.32. The molecular weight excluding hydrogens is 314 g/mol. The van der Waals surface area contributed by atoms with Crippen LogP contribution >= 0.6 is 0 Å². The van der Waals surface area contributed by atoms with Crippen LogP contribution in [0.4, 0.5) is 0 Å². The molecule has 2 heterocycles. The highest BCUT2D eigenvalue weighted by Crippen LogP contribution is 2.27. The van der Waals surface area contributed by atoms with Crippen molar-refractivity contribution in [3.05, 3.63) is 35.8 Å². The summed E-state index contributed by atoms with van der Waals surface area (Å²) in [5, 5.41) is 9.55. The third kappa shape index (κ3) is 2.54. The predicted octanol–water partition coefficient (Wildman–Crippen LogP) is 1.56. The lowest BCUT2D eigenvalue weighted by Gasteiger charge is -2.02. The van der Waals surface area contributed by atoms with Crippen molar-refractivity contribution in [3.8, 4) is 6.07 Å². The Balaban J connectivity index is 1.72. The molecule has 0 amide bonds. The lowest BCUT2D eigenvalue weighted by Crippen LogP contribution is -2.27. The Kier molecular flexibility index (Phi) is 3.07. The number of nitrogens with one attached hydrogen (secondary N) is 2. The average molecular weight is 327 g/mol. The third-order valence-electron chi connectivity index (χ3n) is 3.90. The van der Waals surface area contributed by atoms with Crippen LogP contribution in [0, 0.1) is 11.3 Å². The first-order valence-corrected chi connectivity index (χ1v) is 8.77. The largest absolute Gasteiger partial charge is 0.340 e. The van der Waals surface area contributed by atoms with Gasteiger partial charge in [0, 0.05) is 5.39 Å². The molecule has 0 radical (unpaired) electrons. The summed E-state index contributed by atoms with van der Waals surface area (Å²) in [6.07, 6.45) is 3.11. The van der Waals surface area contributed by atoms with Crippen LogP contribution < -0.4 is 4.72 Å². The van der Waals surface area contributed by atoms with Gasteiger partial charge in [-0.2, -0.15) is 5.26 Å². The van der Waals surface area contributed by atoms with Gasteiger partial charge < -0.3 is 4.98 Å². The second-order valence-electron chi connectivity index (χ2n) is 5.61. The van der Waals surface area contributed by atoms with E-state index in [1.54, 1.807) is 24.4 Å². The molecule has 1 aliphatic rings. The number of imidazole rings is 1. The first-order valence-electron chi connectivity index (χ1n) is 7.23. The van der Waals surface area contributed by atoms with E-state index in [9.17, 15) is 8.42 Å². The molecule has 1 aliphatic carbocycles. The summed E-state index contributed by atoms with van der Waals surface area (Å²) in [4.78, 5) is 11.9. The third-order valence-corrected chi connectivity index (χ3v) is 5.79. The number of nitrogens with zero attached hydrogens (tertiary/aromatic N) is 3. The molecule has 23 heavy (non-hydrogen) atoms. The molecule has 0 unspecified atom stereocenters. The van der Waals surface area contributed by atoms with Crippen molar-refractivity contribution in [2.45, 2.75) is 24.6 Å². The predicted molar refractivity (Wildman–Crippen MR) is 84.9 cm³/mol. The molecule has 2 aromatic heterocycles. The van der Waals surface area contributed by atoms with E-state index in [1.807, 2.05) is 0 Å². The zero-order valence-electron chi connectivity index (χ0n) is 12.1. The van der Waals surface area contributed by atoms with E-state index in [0.717, 1.165) is 23.7 Å². The van der Waals surface area contributed by atoms with Gasteiger partial charge in [-0.15, -0.1) is 0 Å². The van der Waals surface area contributed by atoms with E-state index < -0.39 is 10.0 Å². The Bertz CT molecular complexity index is 1060. The zero-order chi connectivity index (χ0) is 16.0. The highest BCUT2D eigenvalue weighted by atomic mass is 32.2. The molecule has 116 valence electrons. The summed E-state index contributed by atoms with van der Waals surface area (Å²) in [5.41, 5.74) is 2.68. The summed E-state index contributed by atoms with van der Waals surface area (Å²) in [6.45, 7) is 0.118. The van der Waals surface area contributed by atoms with Crippen molar-refractivity contribution in [3.63, 3.8) is 0 Å². The number of nitriles is 1. The maximum absolute atomic E-state index is 11.9. The van der Waals surface area contributed by atoms with Crippen molar-refractivity contribution in [1.82, 2.24) is 19.7 Å². The number of fused-ring (bicyclic) bond motifs is 3. The minimum absolute atomic E-state index is 0.118. The van der Waals surface area contributed by atoms with Crippen LogP contribution in [0.1, 0.15) is 24.2 Å². The lowest BCUT2D eigenvalue weighted by molar-refractivity contribution is 0.578.